The van der Waals surface area contributed by atoms with Crippen LogP contribution in [0, 0.1) is 0 Å². The minimum absolute atomic E-state index is 0.0816. The van der Waals surface area contributed by atoms with Gasteiger partial charge in [0.2, 0.25) is 0 Å². The molecule has 0 saturated carbocycles. The Labute approximate surface area is 120 Å². The molecule has 7 heteroatoms. The van der Waals surface area contributed by atoms with E-state index in [2.05, 4.69) is 42.0 Å². The number of nitrogens with two attached hydrogens (primary N) is 1. The van der Waals surface area contributed by atoms with E-state index in [0.29, 0.717) is 18.1 Å². The maximum absolute atomic E-state index is 5.85. The summed E-state index contributed by atoms with van der Waals surface area (Å²) in [6.07, 6.45) is 1.54. The fraction of sp³-hybridized carbons (Fsp3) is 0.400. The number of nitrogens with zero attached hydrogens (tertiary/aromatic N) is 2. The van der Waals surface area contributed by atoms with Gasteiger partial charge in [-0.2, -0.15) is 4.98 Å². The third-order valence-electron chi connectivity index (χ3n) is 2.32. The molecule has 17 heavy (non-hydrogen) atoms. The van der Waals surface area contributed by atoms with Gasteiger partial charge in [-0.05, 0) is 44.3 Å². The first-order valence-electron chi connectivity index (χ1n) is 5.13. The van der Waals surface area contributed by atoms with Crippen LogP contribution in [0.5, 0.6) is 0 Å². The Morgan fingerprint density at radius 1 is 1.53 bits per heavy atom. The fourth-order valence-corrected chi connectivity index (χ4v) is 4.09. The summed E-state index contributed by atoms with van der Waals surface area (Å²) >= 11 is 8.45. The molecule has 2 aromatic heterocycles. The topological polar surface area (TPSA) is 64.9 Å². The first-order valence-corrected chi connectivity index (χ1v) is 7.53. The van der Waals surface area contributed by atoms with Gasteiger partial charge < -0.3 is 10.3 Å². The van der Waals surface area contributed by atoms with E-state index in [1.807, 2.05) is 13.0 Å². The Morgan fingerprint density at radius 2 is 2.29 bits per heavy atom. The summed E-state index contributed by atoms with van der Waals surface area (Å²) in [7, 11) is 0. The fourth-order valence-electron chi connectivity index (χ4n) is 1.31. The summed E-state index contributed by atoms with van der Waals surface area (Å²) < 4.78 is 7.22. The lowest BCUT2D eigenvalue weighted by Gasteiger charge is -2.02. The van der Waals surface area contributed by atoms with Crippen LogP contribution in [0.15, 0.2) is 18.2 Å². The molecule has 0 aliphatic heterocycles. The van der Waals surface area contributed by atoms with Crippen LogP contribution in [0.2, 0.25) is 0 Å². The number of aromatic nitrogens is 2. The molecule has 2 rings (SSSR count). The second kappa shape index (κ2) is 5.60. The molecule has 0 aliphatic carbocycles. The lowest BCUT2D eigenvalue weighted by molar-refractivity contribution is 0.419. The van der Waals surface area contributed by atoms with E-state index >= 15 is 0 Å². The molecule has 0 amide bonds. The minimum Gasteiger partial charge on any atom is -0.334 e. The molecule has 2 N–H and O–H groups in total. The third-order valence-corrected chi connectivity index (χ3v) is 4.66. The summed E-state index contributed by atoms with van der Waals surface area (Å²) in [5.41, 5.74) is 6.76. The van der Waals surface area contributed by atoms with Gasteiger partial charge in [0.25, 0.3) is 5.89 Å². The van der Waals surface area contributed by atoms with E-state index < -0.39 is 0 Å². The van der Waals surface area contributed by atoms with E-state index in [4.69, 9.17) is 10.3 Å². The van der Waals surface area contributed by atoms with Crippen molar-refractivity contribution in [3.05, 3.63) is 19.5 Å². The van der Waals surface area contributed by atoms with Crippen LogP contribution in [0.25, 0.3) is 11.5 Å². The molecule has 1 unspecified atom stereocenters. The zero-order chi connectivity index (χ0) is 12.4. The first kappa shape index (κ1) is 13.2. The highest BCUT2D eigenvalue weighted by atomic mass is 79.9. The summed E-state index contributed by atoms with van der Waals surface area (Å²) in [6.45, 7) is 2.04. The quantitative estimate of drug-likeness (QED) is 0.879. The summed E-state index contributed by atoms with van der Waals surface area (Å²) in [5.74, 6) is 1.18. The lowest BCUT2D eigenvalue weighted by Crippen LogP contribution is -2.21. The molecule has 0 spiro atoms. The first-order chi connectivity index (χ1) is 8.10. The van der Waals surface area contributed by atoms with E-state index in [-0.39, 0.29) is 6.04 Å². The zero-order valence-corrected chi connectivity index (χ0v) is 13.1. The predicted octanol–water partition coefficient (Wildman–Crippen LogP) is 3.60. The zero-order valence-electron chi connectivity index (χ0n) is 9.11. The molecule has 0 radical (unpaired) electrons. The summed E-state index contributed by atoms with van der Waals surface area (Å²) in [4.78, 5) is 4.34. The van der Waals surface area contributed by atoms with Gasteiger partial charge in [0, 0.05) is 12.5 Å². The van der Waals surface area contributed by atoms with Gasteiger partial charge in [0.1, 0.15) is 0 Å². The Bertz CT molecular complexity index is 511. The SMILES string of the molecule is CCC(N)Cc1noc(-c2cc(Br)sc2Br)n1. The normalized spacial score (nSPS) is 12.9. The summed E-state index contributed by atoms with van der Waals surface area (Å²) in [5, 5.41) is 3.93. The monoisotopic (exact) mass is 379 g/mol. The van der Waals surface area contributed by atoms with Crippen LogP contribution in [0.4, 0.5) is 0 Å². The van der Waals surface area contributed by atoms with Crippen molar-refractivity contribution in [1.82, 2.24) is 10.1 Å². The van der Waals surface area contributed by atoms with Crippen LogP contribution in [0.3, 0.4) is 0 Å². The number of rotatable bonds is 4. The molecule has 1 atom stereocenters. The molecule has 92 valence electrons. The molecular formula is C10H11Br2N3OS. The molecule has 2 heterocycles. The van der Waals surface area contributed by atoms with Gasteiger partial charge in [0.05, 0.1) is 13.1 Å². The molecule has 0 saturated heterocycles. The summed E-state index contributed by atoms with van der Waals surface area (Å²) in [6, 6.07) is 2.03. The number of hydrogen-bond donors (Lipinski definition) is 1. The van der Waals surface area contributed by atoms with Gasteiger partial charge in [0.15, 0.2) is 5.82 Å². The van der Waals surface area contributed by atoms with Crippen molar-refractivity contribution in [1.29, 1.82) is 0 Å². The number of halogens is 2. The Balaban J connectivity index is 2.21. The second-order valence-corrected chi connectivity index (χ2v) is 7.38. The molecule has 0 bridgehead atoms. The molecular weight excluding hydrogens is 370 g/mol. The van der Waals surface area contributed by atoms with Crippen LogP contribution < -0.4 is 5.73 Å². The minimum atomic E-state index is 0.0816. The van der Waals surface area contributed by atoms with Crippen molar-refractivity contribution in [3.8, 4) is 11.5 Å². The van der Waals surface area contributed by atoms with Crippen LogP contribution in [0.1, 0.15) is 19.2 Å². The van der Waals surface area contributed by atoms with E-state index in [1.54, 1.807) is 11.3 Å². The van der Waals surface area contributed by atoms with Gasteiger partial charge in [-0.15, -0.1) is 11.3 Å². The highest BCUT2D eigenvalue weighted by molar-refractivity contribution is 9.12. The van der Waals surface area contributed by atoms with Crippen LogP contribution in [-0.2, 0) is 6.42 Å². The van der Waals surface area contributed by atoms with Crippen molar-refractivity contribution >= 4 is 43.2 Å². The average Bonchev–Trinajstić information content (AvgIpc) is 2.85. The molecule has 0 aliphatic rings. The maximum Gasteiger partial charge on any atom is 0.259 e. The highest BCUT2D eigenvalue weighted by Crippen LogP contribution is 2.37. The maximum atomic E-state index is 5.85. The van der Waals surface area contributed by atoms with E-state index in [9.17, 15) is 0 Å². The molecule has 4 nitrogen and oxygen atoms in total. The van der Waals surface area contributed by atoms with E-state index in [1.165, 1.54) is 0 Å². The van der Waals surface area contributed by atoms with Crippen molar-refractivity contribution < 1.29 is 4.52 Å². The largest absolute Gasteiger partial charge is 0.334 e. The average molecular weight is 381 g/mol. The van der Waals surface area contributed by atoms with E-state index in [0.717, 1.165) is 19.6 Å². The predicted molar refractivity (Wildman–Crippen MR) is 75.0 cm³/mol. The Morgan fingerprint density at radius 3 is 2.88 bits per heavy atom. The van der Waals surface area contributed by atoms with Crippen molar-refractivity contribution in [2.24, 2.45) is 5.73 Å². The number of thiophene rings is 1. The highest BCUT2D eigenvalue weighted by Gasteiger charge is 2.15. The van der Waals surface area contributed by atoms with Crippen LogP contribution in [-0.4, -0.2) is 16.2 Å². The third kappa shape index (κ3) is 3.15. The van der Waals surface area contributed by atoms with Gasteiger partial charge in [-0.3, -0.25) is 0 Å². The van der Waals surface area contributed by atoms with Gasteiger partial charge in [-0.25, -0.2) is 0 Å². The standard InChI is InChI=1S/C10H11Br2N3OS/c1-2-5(13)3-8-14-10(16-15-8)6-4-7(11)17-9(6)12/h4-5H,2-3,13H2,1H3. The smallest absolute Gasteiger partial charge is 0.259 e. The van der Waals surface area contributed by atoms with Gasteiger partial charge >= 0.3 is 0 Å². The van der Waals surface area contributed by atoms with Crippen molar-refractivity contribution in [3.63, 3.8) is 0 Å². The van der Waals surface area contributed by atoms with Crippen LogP contribution >= 0.6 is 43.2 Å². The van der Waals surface area contributed by atoms with Gasteiger partial charge in [-0.1, -0.05) is 12.1 Å². The Kier molecular flexibility index (Phi) is 4.35. The molecule has 0 aromatic carbocycles. The molecule has 0 fully saturated rings. The van der Waals surface area contributed by atoms with Crippen molar-refractivity contribution in [2.75, 3.05) is 0 Å². The van der Waals surface area contributed by atoms with Crippen molar-refractivity contribution in [2.45, 2.75) is 25.8 Å². The second-order valence-electron chi connectivity index (χ2n) is 3.63. The number of hydrogen-bond acceptors (Lipinski definition) is 5. The molecule has 2 aromatic rings. The lowest BCUT2D eigenvalue weighted by atomic mass is 10.2. The Hall–Kier alpha value is -0.240.